The van der Waals surface area contributed by atoms with Gasteiger partial charge in [-0.3, -0.25) is 4.79 Å². The highest BCUT2D eigenvalue weighted by atomic mass is 35.5. The number of hydrogen-bond acceptors (Lipinski definition) is 3. The Bertz CT molecular complexity index is 522. The number of carbonyl (C=O) groups is 1. The molecule has 1 aliphatic heterocycles. The summed E-state index contributed by atoms with van der Waals surface area (Å²) in [6, 6.07) is 6.93. The van der Waals surface area contributed by atoms with Gasteiger partial charge in [0.1, 0.15) is 21.6 Å². The van der Waals surface area contributed by atoms with E-state index in [2.05, 4.69) is 0 Å². The molecule has 0 radical (unpaired) electrons. The second kappa shape index (κ2) is 4.79. The zero-order valence-electron chi connectivity index (χ0n) is 10.6. The lowest BCUT2D eigenvalue weighted by molar-refractivity contribution is -0.140. The van der Waals surface area contributed by atoms with Crippen molar-refractivity contribution in [1.29, 1.82) is 0 Å². The zero-order chi connectivity index (χ0) is 14.4. The molecule has 20 heavy (non-hydrogen) atoms. The Morgan fingerprint density at radius 1 is 1.35 bits per heavy atom. The van der Waals surface area contributed by atoms with Crippen molar-refractivity contribution in [2.24, 2.45) is 0 Å². The smallest absolute Gasteiger partial charge is 0.317 e. The molecule has 1 aliphatic carbocycles. The van der Waals surface area contributed by atoms with Crippen LogP contribution < -0.4 is 4.74 Å². The summed E-state index contributed by atoms with van der Waals surface area (Å²) in [5.41, 5.74) is -0.601. The van der Waals surface area contributed by atoms with E-state index in [4.69, 9.17) is 32.7 Å². The first-order valence-electron chi connectivity index (χ1n) is 6.42. The molecule has 1 saturated carbocycles. The van der Waals surface area contributed by atoms with Gasteiger partial charge in [0.15, 0.2) is 0 Å². The fourth-order valence-corrected chi connectivity index (χ4v) is 3.35. The lowest BCUT2D eigenvalue weighted by Gasteiger charge is -2.15. The van der Waals surface area contributed by atoms with Crippen LogP contribution in [0.2, 0.25) is 0 Å². The minimum atomic E-state index is -1.24. The molecule has 3 rings (SSSR count). The van der Waals surface area contributed by atoms with Crippen molar-refractivity contribution in [2.75, 3.05) is 13.2 Å². The van der Waals surface area contributed by atoms with E-state index in [-0.39, 0.29) is 12.5 Å². The Hall–Kier alpha value is -0.970. The fraction of sp³-hybridized carbons (Fsp3) is 0.500. The molecule has 0 bridgehead atoms. The van der Waals surface area contributed by atoms with Gasteiger partial charge in [-0.15, -0.1) is 0 Å². The Morgan fingerprint density at radius 2 is 2.00 bits per heavy atom. The summed E-state index contributed by atoms with van der Waals surface area (Å²) in [6.45, 7) is 1.30. The molecule has 1 aromatic rings. The van der Waals surface area contributed by atoms with Crippen molar-refractivity contribution in [1.82, 2.24) is 0 Å². The molecule has 1 aromatic carbocycles. The van der Waals surface area contributed by atoms with Gasteiger partial charge in [-0.05, 0) is 17.7 Å². The van der Waals surface area contributed by atoms with Crippen LogP contribution in [0.1, 0.15) is 18.4 Å². The Kier molecular flexibility index (Phi) is 3.35. The van der Waals surface area contributed by atoms with Crippen LogP contribution in [0.15, 0.2) is 24.3 Å². The first-order chi connectivity index (χ1) is 9.46. The Balaban J connectivity index is 1.77. The van der Waals surface area contributed by atoms with Crippen molar-refractivity contribution >= 4 is 29.2 Å². The third-order valence-corrected chi connectivity index (χ3v) is 4.80. The maximum atomic E-state index is 11.4. The third-order valence-electron chi connectivity index (χ3n) is 3.89. The van der Waals surface area contributed by atoms with Crippen LogP contribution in [0.4, 0.5) is 0 Å². The van der Waals surface area contributed by atoms with E-state index in [0.717, 1.165) is 6.42 Å². The standard InChI is InChI=1S/C14H14Cl2O4/c15-14(16)8-13(14,12(17)18)9-1-3-10(4-2-9)20-11-5-6-19-7-11/h1-4,11H,5-8H2,(H,17,18). The summed E-state index contributed by atoms with van der Waals surface area (Å²) in [4.78, 5) is 11.4. The minimum Gasteiger partial charge on any atom is -0.488 e. The number of carboxylic acids is 1. The van der Waals surface area contributed by atoms with Gasteiger partial charge in [0, 0.05) is 12.8 Å². The zero-order valence-corrected chi connectivity index (χ0v) is 12.2. The number of hydrogen-bond donors (Lipinski definition) is 1. The van der Waals surface area contributed by atoms with Gasteiger partial charge in [0.2, 0.25) is 0 Å². The topological polar surface area (TPSA) is 55.8 Å². The maximum Gasteiger partial charge on any atom is 0.317 e. The van der Waals surface area contributed by atoms with Crippen LogP contribution in [0.5, 0.6) is 5.75 Å². The number of carboxylic acid groups (broad SMARTS) is 1. The largest absolute Gasteiger partial charge is 0.488 e. The predicted octanol–water partition coefficient (Wildman–Crippen LogP) is 2.75. The summed E-state index contributed by atoms with van der Waals surface area (Å²) in [7, 11) is 0. The quantitative estimate of drug-likeness (QED) is 0.868. The first-order valence-corrected chi connectivity index (χ1v) is 7.17. The highest BCUT2D eigenvalue weighted by Gasteiger charge is 2.72. The second-order valence-corrected chi connectivity index (χ2v) is 6.70. The van der Waals surface area contributed by atoms with Crippen molar-refractivity contribution in [2.45, 2.75) is 28.7 Å². The summed E-state index contributed by atoms with van der Waals surface area (Å²) >= 11 is 12.0. The third kappa shape index (κ3) is 2.16. The first kappa shape index (κ1) is 14.0. The molecule has 2 aliphatic rings. The lowest BCUT2D eigenvalue weighted by atomic mass is 9.96. The van der Waals surface area contributed by atoms with Gasteiger partial charge < -0.3 is 14.6 Å². The number of alkyl halides is 2. The minimum absolute atomic E-state index is 0.0651. The molecule has 6 heteroatoms. The molecule has 1 heterocycles. The van der Waals surface area contributed by atoms with Crippen LogP contribution in [0, 0.1) is 0 Å². The van der Waals surface area contributed by atoms with Crippen LogP contribution >= 0.6 is 23.2 Å². The Labute approximate surface area is 126 Å². The van der Waals surface area contributed by atoms with E-state index in [9.17, 15) is 9.90 Å². The Morgan fingerprint density at radius 3 is 2.45 bits per heavy atom. The molecule has 1 N–H and O–H groups in total. The van der Waals surface area contributed by atoms with Gasteiger partial charge in [-0.2, -0.15) is 0 Å². The van der Waals surface area contributed by atoms with E-state index in [1.807, 2.05) is 0 Å². The molecule has 0 aromatic heterocycles. The van der Waals surface area contributed by atoms with Crippen LogP contribution in [-0.2, 0) is 14.9 Å². The molecule has 2 unspecified atom stereocenters. The SMILES string of the molecule is O=C(O)C1(c2ccc(OC3CCOC3)cc2)CC1(Cl)Cl. The van der Waals surface area contributed by atoms with Crippen molar-refractivity contribution < 1.29 is 19.4 Å². The molecule has 108 valence electrons. The van der Waals surface area contributed by atoms with E-state index in [1.165, 1.54) is 0 Å². The predicted molar refractivity (Wildman–Crippen MR) is 74.7 cm³/mol. The van der Waals surface area contributed by atoms with E-state index < -0.39 is 15.7 Å². The molecule has 2 atom stereocenters. The molecule has 0 spiro atoms. The number of ether oxygens (including phenoxy) is 2. The highest BCUT2D eigenvalue weighted by Crippen LogP contribution is 2.65. The van der Waals surface area contributed by atoms with E-state index in [0.29, 0.717) is 24.5 Å². The molecule has 4 nitrogen and oxygen atoms in total. The monoisotopic (exact) mass is 316 g/mol. The van der Waals surface area contributed by atoms with Gasteiger partial charge in [0.05, 0.1) is 13.2 Å². The lowest BCUT2D eigenvalue weighted by Crippen LogP contribution is -2.26. The van der Waals surface area contributed by atoms with Gasteiger partial charge in [0.25, 0.3) is 0 Å². The van der Waals surface area contributed by atoms with Crippen LogP contribution in [0.25, 0.3) is 0 Å². The molecule has 0 amide bonds. The average Bonchev–Trinajstić information content (AvgIpc) is 2.75. The number of rotatable bonds is 4. The maximum absolute atomic E-state index is 11.4. The van der Waals surface area contributed by atoms with Gasteiger partial charge in [-0.25, -0.2) is 0 Å². The number of halogens is 2. The molecule has 1 saturated heterocycles. The van der Waals surface area contributed by atoms with Crippen LogP contribution in [0.3, 0.4) is 0 Å². The molecular weight excluding hydrogens is 303 g/mol. The van der Waals surface area contributed by atoms with Crippen LogP contribution in [-0.4, -0.2) is 34.7 Å². The van der Waals surface area contributed by atoms with Gasteiger partial charge >= 0.3 is 5.97 Å². The summed E-state index contributed by atoms with van der Waals surface area (Å²) in [6.07, 6.45) is 1.15. The number of aliphatic carboxylic acids is 1. The fourth-order valence-electron chi connectivity index (χ4n) is 2.57. The van der Waals surface area contributed by atoms with E-state index >= 15 is 0 Å². The van der Waals surface area contributed by atoms with Crippen molar-refractivity contribution in [3.63, 3.8) is 0 Å². The summed E-state index contributed by atoms with van der Waals surface area (Å²) in [5.74, 6) is -0.305. The van der Waals surface area contributed by atoms with Crippen molar-refractivity contribution in [3.8, 4) is 5.75 Å². The molecule has 2 fully saturated rings. The van der Waals surface area contributed by atoms with E-state index in [1.54, 1.807) is 24.3 Å². The summed E-state index contributed by atoms with van der Waals surface area (Å²) in [5, 5.41) is 9.38. The van der Waals surface area contributed by atoms with Crippen molar-refractivity contribution in [3.05, 3.63) is 29.8 Å². The highest BCUT2D eigenvalue weighted by molar-refractivity contribution is 6.54. The summed E-state index contributed by atoms with van der Waals surface area (Å²) < 4.78 is 9.74. The number of benzene rings is 1. The van der Waals surface area contributed by atoms with Gasteiger partial charge in [-0.1, -0.05) is 35.3 Å². The second-order valence-electron chi connectivity index (χ2n) is 5.22. The average molecular weight is 317 g/mol. The normalized spacial score (nSPS) is 31.0. The molecular formula is C14H14Cl2O4.